The largest absolute Gasteiger partial charge is 0.481 e. The van der Waals surface area contributed by atoms with E-state index in [4.69, 9.17) is 4.74 Å². The number of carboxylic acid groups (broad SMARTS) is 1. The monoisotopic (exact) mass is 295 g/mol. The van der Waals surface area contributed by atoms with Crippen molar-refractivity contribution < 1.29 is 19.0 Å². The first-order chi connectivity index (χ1) is 10.0. The molecule has 1 fully saturated rings. The minimum atomic E-state index is -0.829. The van der Waals surface area contributed by atoms with Gasteiger partial charge in [-0.3, -0.25) is 9.69 Å². The smallest absolute Gasteiger partial charge is 0.310 e. The van der Waals surface area contributed by atoms with Gasteiger partial charge in [0.05, 0.1) is 19.1 Å². The topological polar surface area (TPSA) is 49.8 Å². The number of hydrogen-bond donors (Lipinski definition) is 1. The molecule has 1 saturated heterocycles. The molecular weight excluding hydrogens is 273 g/mol. The van der Waals surface area contributed by atoms with Crippen LogP contribution >= 0.6 is 0 Å². The number of hydrogen-bond acceptors (Lipinski definition) is 3. The second kappa shape index (κ2) is 7.00. The number of ether oxygens (including phenoxy) is 1. The average molecular weight is 295 g/mol. The summed E-state index contributed by atoms with van der Waals surface area (Å²) in [7, 11) is 0. The Kier molecular flexibility index (Phi) is 5.31. The van der Waals surface area contributed by atoms with Crippen LogP contribution in [0.2, 0.25) is 0 Å². The van der Waals surface area contributed by atoms with E-state index in [-0.39, 0.29) is 24.5 Å². The van der Waals surface area contributed by atoms with E-state index in [2.05, 4.69) is 11.8 Å². The Morgan fingerprint density at radius 2 is 2.29 bits per heavy atom. The number of halogens is 1. The summed E-state index contributed by atoms with van der Waals surface area (Å²) < 4.78 is 18.8. The molecule has 116 valence electrons. The van der Waals surface area contributed by atoms with Crippen LogP contribution in [0.3, 0.4) is 0 Å². The molecule has 5 heteroatoms. The van der Waals surface area contributed by atoms with E-state index >= 15 is 0 Å². The molecule has 1 aliphatic heterocycles. The van der Waals surface area contributed by atoms with Gasteiger partial charge in [-0.2, -0.15) is 0 Å². The highest BCUT2D eigenvalue weighted by atomic mass is 19.1. The van der Waals surface area contributed by atoms with Crippen LogP contribution in [0.25, 0.3) is 0 Å². The zero-order valence-corrected chi connectivity index (χ0v) is 12.5. The van der Waals surface area contributed by atoms with Gasteiger partial charge < -0.3 is 9.84 Å². The SMILES string of the molecule is CCCN(C(C)c1cccc(F)c1)C1COCC1C(=O)O. The van der Waals surface area contributed by atoms with E-state index in [0.29, 0.717) is 6.61 Å². The van der Waals surface area contributed by atoms with Crippen molar-refractivity contribution in [1.29, 1.82) is 0 Å². The van der Waals surface area contributed by atoms with E-state index in [1.807, 2.05) is 13.0 Å². The van der Waals surface area contributed by atoms with Crippen LogP contribution in [0.5, 0.6) is 0 Å². The molecule has 0 saturated carbocycles. The minimum absolute atomic E-state index is 0.0470. The first kappa shape index (κ1) is 15.9. The number of carbonyl (C=O) groups is 1. The molecule has 0 spiro atoms. The first-order valence-corrected chi connectivity index (χ1v) is 7.36. The molecule has 1 aromatic carbocycles. The van der Waals surface area contributed by atoms with E-state index in [1.165, 1.54) is 12.1 Å². The highest BCUT2D eigenvalue weighted by molar-refractivity contribution is 5.71. The lowest BCUT2D eigenvalue weighted by molar-refractivity contribution is -0.143. The third kappa shape index (κ3) is 3.60. The van der Waals surface area contributed by atoms with Crippen molar-refractivity contribution in [2.45, 2.75) is 32.4 Å². The second-order valence-electron chi connectivity index (χ2n) is 5.52. The van der Waals surface area contributed by atoms with Gasteiger partial charge in [0.1, 0.15) is 5.82 Å². The Hall–Kier alpha value is -1.46. The minimum Gasteiger partial charge on any atom is -0.481 e. The van der Waals surface area contributed by atoms with Gasteiger partial charge in [0, 0.05) is 12.1 Å². The van der Waals surface area contributed by atoms with Gasteiger partial charge in [0.2, 0.25) is 0 Å². The molecule has 1 aromatic rings. The van der Waals surface area contributed by atoms with E-state index in [9.17, 15) is 14.3 Å². The molecule has 1 heterocycles. The molecule has 1 N–H and O–H groups in total. The highest BCUT2D eigenvalue weighted by Gasteiger charge is 2.39. The van der Waals surface area contributed by atoms with Crippen LogP contribution in [-0.2, 0) is 9.53 Å². The fourth-order valence-corrected chi connectivity index (χ4v) is 2.97. The summed E-state index contributed by atoms with van der Waals surface area (Å²) >= 11 is 0. The first-order valence-electron chi connectivity index (χ1n) is 7.36. The molecule has 21 heavy (non-hydrogen) atoms. The zero-order valence-electron chi connectivity index (χ0n) is 12.5. The van der Waals surface area contributed by atoms with Crippen molar-refractivity contribution in [2.75, 3.05) is 19.8 Å². The van der Waals surface area contributed by atoms with Crippen molar-refractivity contribution in [1.82, 2.24) is 4.90 Å². The van der Waals surface area contributed by atoms with Crippen molar-refractivity contribution in [2.24, 2.45) is 5.92 Å². The fourth-order valence-electron chi connectivity index (χ4n) is 2.97. The molecule has 3 unspecified atom stereocenters. The van der Waals surface area contributed by atoms with Crippen molar-refractivity contribution in [3.63, 3.8) is 0 Å². The van der Waals surface area contributed by atoms with Crippen molar-refractivity contribution >= 4 is 5.97 Å². The lowest BCUT2D eigenvalue weighted by Crippen LogP contribution is -2.44. The standard InChI is InChI=1S/C16H22FNO3/c1-3-7-18(15-10-21-9-14(15)16(19)20)11(2)12-5-4-6-13(17)8-12/h4-6,8,11,14-15H,3,7,9-10H2,1-2H3,(H,19,20). The lowest BCUT2D eigenvalue weighted by atomic mass is 9.97. The zero-order chi connectivity index (χ0) is 15.4. The molecule has 3 atom stereocenters. The number of aliphatic carboxylic acids is 1. The number of carboxylic acids is 1. The summed E-state index contributed by atoms with van der Waals surface area (Å²) in [5.74, 6) is -1.62. The molecular formula is C16H22FNO3. The summed E-state index contributed by atoms with van der Waals surface area (Å²) in [5.41, 5.74) is 0.861. The normalized spacial score (nSPS) is 23.4. The molecule has 0 aromatic heterocycles. The number of rotatable bonds is 6. The molecule has 0 aliphatic carbocycles. The summed E-state index contributed by atoms with van der Waals surface area (Å²) in [6.45, 7) is 5.46. The average Bonchev–Trinajstić information content (AvgIpc) is 2.93. The predicted octanol–water partition coefficient (Wildman–Crippen LogP) is 2.70. The lowest BCUT2D eigenvalue weighted by Gasteiger charge is -2.35. The molecule has 0 radical (unpaired) electrons. The summed E-state index contributed by atoms with van der Waals surface area (Å²) in [6.07, 6.45) is 0.905. The van der Waals surface area contributed by atoms with Gasteiger partial charge >= 0.3 is 5.97 Å². The number of benzene rings is 1. The Labute approximate surface area is 124 Å². The number of nitrogens with zero attached hydrogens (tertiary/aromatic N) is 1. The summed E-state index contributed by atoms with van der Waals surface area (Å²) in [5, 5.41) is 9.33. The van der Waals surface area contributed by atoms with Crippen LogP contribution in [0.15, 0.2) is 24.3 Å². The molecule has 0 amide bonds. The van der Waals surface area contributed by atoms with Crippen LogP contribution in [0.1, 0.15) is 31.9 Å². The third-order valence-corrected chi connectivity index (χ3v) is 4.10. The highest BCUT2D eigenvalue weighted by Crippen LogP contribution is 2.29. The van der Waals surface area contributed by atoms with Gasteiger partial charge in [-0.25, -0.2) is 4.39 Å². The van der Waals surface area contributed by atoms with Gasteiger partial charge in [-0.1, -0.05) is 19.1 Å². The van der Waals surface area contributed by atoms with E-state index in [0.717, 1.165) is 18.5 Å². The quantitative estimate of drug-likeness (QED) is 0.876. The maximum Gasteiger partial charge on any atom is 0.310 e. The molecule has 0 bridgehead atoms. The third-order valence-electron chi connectivity index (χ3n) is 4.10. The fraction of sp³-hybridized carbons (Fsp3) is 0.562. The predicted molar refractivity (Wildman–Crippen MR) is 77.5 cm³/mol. The van der Waals surface area contributed by atoms with Gasteiger partial charge in [0.25, 0.3) is 0 Å². The van der Waals surface area contributed by atoms with Crippen molar-refractivity contribution in [3.8, 4) is 0 Å². The van der Waals surface area contributed by atoms with Gasteiger partial charge in [-0.05, 0) is 37.6 Å². The van der Waals surface area contributed by atoms with Crippen LogP contribution in [-0.4, -0.2) is 41.8 Å². The second-order valence-corrected chi connectivity index (χ2v) is 5.52. The molecule has 4 nitrogen and oxygen atoms in total. The molecule has 2 rings (SSSR count). The van der Waals surface area contributed by atoms with Crippen LogP contribution in [0.4, 0.5) is 4.39 Å². The van der Waals surface area contributed by atoms with E-state index in [1.54, 1.807) is 6.07 Å². The summed E-state index contributed by atoms with van der Waals surface area (Å²) in [4.78, 5) is 13.5. The molecule has 1 aliphatic rings. The van der Waals surface area contributed by atoms with Gasteiger partial charge in [0.15, 0.2) is 0 Å². The maximum atomic E-state index is 13.4. The maximum absolute atomic E-state index is 13.4. The Morgan fingerprint density at radius 1 is 1.52 bits per heavy atom. The van der Waals surface area contributed by atoms with Crippen LogP contribution < -0.4 is 0 Å². The Bertz CT molecular complexity index is 494. The van der Waals surface area contributed by atoms with Crippen molar-refractivity contribution in [3.05, 3.63) is 35.6 Å². The van der Waals surface area contributed by atoms with Crippen LogP contribution in [0, 0.1) is 11.7 Å². The Balaban J connectivity index is 2.23. The van der Waals surface area contributed by atoms with E-state index < -0.39 is 11.9 Å². The Morgan fingerprint density at radius 3 is 2.90 bits per heavy atom. The summed E-state index contributed by atoms with van der Waals surface area (Å²) in [6, 6.07) is 6.28. The van der Waals surface area contributed by atoms with Gasteiger partial charge in [-0.15, -0.1) is 0 Å².